The highest BCUT2D eigenvalue weighted by molar-refractivity contribution is 6.01. The third-order valence-corrected chi connectivity index (χ3v) is 8.42. The van der Waals surface area contributed by atoms with Gasteiger partial charge in [-0.05, 0) is 53.5 Å². The van der Waals surface area contributed by atoms with Crippen molar-refractivity contribution in [3.05, 3.63) is 70.8 Å². The molecule has 0 spiro atoms. The van der Waals surface area contributed by atoms with Crippen molar-refractivity contribution >= 4 is 17.6 Å². The van der Waals surface area contributed by atoms with Gasteiger partial charge in [0.1, 0.15) is 5.84 Å². The summed E-state index contributed by atoms with van der Waals surface area (Å²) in [5, 5.41) is 9.04. The Hall–Kier alpha value is -3.03. The van der Waals surface area contributed by atoms with Gasteiger partial charge in [0.05, 0.1) is 19.7 Å². The molecule has 2 aliphatic heterocycles. The van der Waals surface area contributed by atoms with E-state index < -0.39 is 0 Å². The van der Waals surface area contributed by atoms with Gasteiger partial charge in [-0.1, -0.05) is 70.5 Å². The molecule has 1 N–H and O–H groups in total. The zero-order chi connectivity index (χ0) is 29.6. The molecule has 0 amide bonds. The average Bonchev–Trinajstić information content (AvgIpc) is 3.24. The van der Waals surface area contributed by atoms with Crippen molar-refractivity contribution in [2.75, 3.05) is 52.4 Å². The van der Waals surface area contributed by atoms with Crippen LogP contribution in [0.4, 0.5) is 0 Å². The van der Waals surface area contributed by atoms with Gasteiger partial charge in [-0.25, -0.2) is 0 Å². The summed E-state index contributed by atoms with van der Waals surface area (Å²) in [5.41, 5.74) is 4.11. The number of ketones is 1. The first-order valence-corrected chi connectivity index (χ1v) is 15.2. The predicted molar refractivity (Wildman–Crippen MR) is 165 cm³/mol. The van der Waals surface area contributed by atoms with E-state index in [4.69, 9.17) is 10.1 Å². The highest BCUT2D eigenvalue weighted by atomic mass is 16.5. The Bertz CT molecular complexity index is 1200. The number of esters is 1. The number of rotatable bonds is 11. The van der Waals surface area contributed by atoms with Gasteiger partial charge in [0.15, 0.2) is 5.78 Å². The highest BCUT2D eigenvalue weighted by Gasteiger charge is 2.38. The van der Waals surface area contributed by atoms with Crippen LogP contribution in [0.1, 0.15) is 80.4 Å². The van der Waals surface area contributed by atoms with Gasteiger partial charge in [-0.2, -0.15) is 0 Å². The summed E-state index contributed by atoms with van der Waals surface area (Å²) in [6, 6.07) is 16.7. The number of likely N-dealkylation sites (tertiary alicyclic amines) is 1. The summed E-state index contributed by atoms with van der Waals surface area (Å²) in [7, 11) is 0. The van der Waals surface area contributed by atoms with Crippen LogP contribution >= 0.6 is 0 Å². The Kier molecular flexibility index (Phi) is 10.4. The number of carbonyl (C=O) groups is 2. The van der Waals surface area contributed by atoms with Gasteiger partial charge in [-0.15, -0.1) is 0 Å². The lowest BCUT2D eigenvalue weighted by molar-refractivity contribution is -0.144. The van der Waals surface area contributed by atoms with E-state index >= 15 is 0 Å². The molecule has 2 aromatic carbocycles. The molecule has 2 heterocycles. The van der Waals surface area contributed by atoms with E-state index in [9.17, 15) is 9.59 Å². The van der Waals surface area contributed by atoms with Crippen molar-refractivity contribution in [3.63, 3.8) is 0 Å². The van der Waals surface area contributed by atoms with Gasteiger partial charge in [0, 0.05) is 50.7 Å². The SMILES string of the molecule is CCCC1CN(CC(=O)c2cc(CN3CCN(CC(=O)OCC)CC3)cc(C(C)(C)C)c2)C(=N)C1c1ccccc1. The molecule has 0 aromatic heterocycles. The molecule has 41 heavy (non-hydrogen) atoms. The molecule has 2 atom stereocenters. The Morgan fingerprint density at radius 1 is 0.951 bits per heavy atom. The van der Waals surface area contributed by atoms with Crippen LogP contribution in [0, 0.1) is 11.3 Å². The van der Waals surface area contributed by atoms with E-state index in [0.717, 1.165) is 68.8 Å². The topological polar surface area (TPSA) is 76.9 Å². The van der Waals surface area contributed by atoms with Crippen LogP contribution in [0.3, 0.4) is 0 Å². The number of hydrogen-bond acceptors (Lipinski definition) is 6. The van der Waals surface area contributed by atoms with Crippen LogP contribution < -0.4 is 0 Å². The summed E-state index contributed by atoms with van der Waals surface area (Å²) in [4.78, 5) is 32.2. The third-order valence-electron chi connectivity index (χ3n) is 8.42. The molecule has 2 aliphatic rings. The molecule has 2 unspecified atom stereocenters. The van der Waals surface area contributed by atoms with Gasteiger partial charge in [0.2, 0.25) is 0 Å². The Labute approximate surface area is 246 Å². The first kappa shape index (κ1) is 30.9. The van der Waals surface area contributed by atoms with E-state index in [1.807, 2.05) is 30.0 Å². The number of carbonyl (C=O) groups excluding carboxylic acids is 2. The maximum atomic E-state index is 13.8. The number of nitrogens with zero attached hydrogens (tertiary/aromatic N) is 3. The molecule has 2 saturated heterocycles. The van der Waals surface area contributed by atoms with Crippen molar-refractivity contribution in [2.45, 2.75) is 65.3 Å². The van der Waals surface area contributed by atoms with Crippen LogP contribution in [0.2, 0.25) is 0 Å². The summed E-state index contributed by atoms with van der Waals surface area (Å²) in [6.45, 7) is 16.5. The lowest BCUT2D eigenvalue weighted by Gasteiger charge is -2.34. The normalized spacial score (nSPS) is 20.4. The third kappa shape index (κ3) is 8.04. The minimum absolute atomic E-state index is 0.0444. The van der Waals surface area contributed by atoms with Crippen molar-refractivity contribution < 1.29 is 14.3 Å². The number of Topliss-reactive ketones (excluding diaryl/α,β-unsaturated/α-hetero) is 1. The van der Waals surface area contributed by atoms with Crippen LogP contribution in [0.25, 0.3) is 0 Å². The van der Waals surface area contributed by atoms with Crippen molar-refractivity contribution in [1.82, 2.24) is 14.7 Å². The molecular weight excluding hydrogens is 512 g/mol. The van der Waals surface area contributed by atoms with Gasteiger partial charge >= 0.3 is 5.97 Å². The Morgan fingerprint density at radius 2 is 1.63 bits per heavy atom. The number of benzene rings is 2. The number of piperazine rings is 1. The fourth-order valence-corrected chi connectivity index (χ4v) is 6.17. The number of hydrogen-bond donors (Lipinski definition) is 1. The van der Waals surface area contributed by atoms with E-state index in [0.29, 0.717) is 24.9 Å². The molecule has 7 heteroatoms. The minimum Gasteiger partial charge on any atom is -0.465 e. The molecule has 2 aromatic rings. The lowest BCUT2D eigenvalue weighted by Crippen LogP contribution is -2.47. The molecule has 0 saturated carbocycles. The van der Waals surface area contributed by atoms with E-state index in [1.54, 1.807) is 0 Å². The fraction of sp³-hybridized carbons (Fsp3) is 0.559. The monoisotopic (exact) mass is 560 g/mol. The first-order chi connectivity index (χ1) is 19.6. The van der Waals surface area contributed by atoms with Crippen LogP contribution in [-0.4, -0.2) is 84.7 Å². The standard InChI is InChI=1S/C34H48N4O3/c1-6-11-27-22-38(33(35)32(27)26-12-9-8-10-13-26)23-30(39)28-18-25(19-29(20-28)34(3,4)5)21-36-14-16-37(17-15-36)24-31(40)41-7-2/h8-10,12-13,18-20,27,32,35H,6-7,11,14-17,21-24H2,1-5H3. The van der Waals surface area contributed by atoms with Crippen molar-refractivity contribution in [3.8, 4) is 0 Å². The first-order valence-electron chi connectivity index (χ1n) is 15.2. The van der Waals surface area contributed by atoms with Gasteiger partial charge in [-0.3, -0.25) is 24.8 Å². The average molecular weight is 561 g/mol. The summed E-state index contributed by atoms with van der Waals surface area (Å²) < 4.78 is 5.11. The largest absolute Gasteiger partial charge is 0.465 e. The predicted octanol–water partition coefficient (Wildman–Crippen LogP) is 5.34. The second kappa shape index (κ2) is 13.8. The second-order valence-electron chi connectivity index (χ2n) is 12.7. The molecule has 2 fully saturated rings. The van der Waals surface area contributed by atoms with Crippen molar-refractivity contribution in [2.24, 2.45) is 5.92 Å². The minimum atomic E-state index is -0.163. The van der Waals surface area contributed by atoms with Gasteiger partial charge < -0.3 is 9.64 Å². The molecule has 7 nitrogen and oxygen atoms in total. The van der Waals surface area contributed by atoms with Gasteiger partial charge in [0.25, 0.3) is 0 Å². The Morgan fingerprint density at radius 3 is 2.27 bits per heavy atom. The molecule has 222 valence electrons. The van der Waals surface area contributed by atoms with E-state index in [2.05, 4.69) is 67.8 Å². The second-order valence-corrected chi connectivity index (χ2v) is 12.7. The summed E-state index contributed by atoms with van der Waals surface area (Å²) in [5.74, 6) is 0.870. The van der Waals surface area contributed by atoms with Crippen LogP contribution in [0.5, 0.6) is 0 Å². The van der Waals surface area contributed by atoms with Crippen LogP contribution in [0.15, 0.2) is 48.5 Å². The van der Waals surface area contributed by atoms with E-state index in [1.165, 1.54) is 5.56 Å². The lowest BCUT2D eigenvalue weighted by atomic mass is 9.84. The zero-order valence-corrected chi connectivity index (χ0v) is 25.6. The molecule has 0 bridgehead atoms. The smallest absolute Gasteiger partial charge is 0.320 e. The molecular formula is C34H48N4O3. The number of nitrogens with one attached hydrogen (secondary N) is 1. The summed E-state index contributed by atoms with van der Waals surface area (Å²) >= 11 is 0. The summed E-state index contributed by atoms with van der Waals surface area (Å²) in [6.07, 6.45) is 2.11. The maximum Gasteiger partial charge on any atom is 0.320 e. The number of amidine groups is 1. The molecule has 0 radical (unpaired) electrons. The molecule has 4 rings (SSSR count). The Balaban J connectivity index is 1.46. The van der Waals surface area contributed by atoms with Crippen molar-refractivity contribution in [1.29, 1.82) is 5.41 Å². The van der Waals surface area contributed by atoms with E-state index in [-0.39, 0.29) is 29.6 Å². The maximum absolute atomic E-state index is 13.8. The number of ether oxygens (including phenoxy) is 1. The quantitative estimate of drug-likeness (QED) is 0.295. The molecule has 0 aliphatic carbocycles. The van der Waals surface area contributed by atoms with Crippen LogP contribution in [-0.2, 0) is 21.5 Å². The zero-order valence-electron chi connectivity index (χ0n) is 25.6. The highest BCUT2D eigenvalue weighted by Crippen LogP contribution is 2.37. The fourth-order valence-electron chi connectivity index (χ4n) is 6.17.